The third-order valence-electron chi connectivity index (χ3n) is 6.77. The summed E-state index contributed by atoms with van der Waals surface area (Å²) in [6.07, 6.45) is 2.96. The van der Waals surface area contributed by atoms with Crippen LogP contribution in [0.5, 0.6) is 0 Å². The van der Waals surface area contributed by atoms with Crippen molar-refractivity contribution in [3.63, 3.8) is 0 Å². The van der Waals surface area contributed by atoms with Crippen molar-refractivity contribution in [2.24, 2.45) is 18.4 Å². The first-order valence-corrected chi connectivity index (χ1v) is 14.1. The Bertz CT molecular complexity index is 1340. The molecule has 1 aliphatic carbocycles. The molecule has 0 saturated carbocycles. The maximum absolute atomic E-state index is 12.8. The molecule has 1 aliphatic rings. The number of rotatable bonds is 7. The Morgan fingerprint density at radius 1 is 1.19 bits per heavy atom. The number of carbonyl (C=O) groups excluding carboxylic acids is 2. The van der Waals surface area contributed by atoms with Crippen LogP contribution in [-0.2, 0) is 35.9 Å². The van der Waals surface area contributed by atoms with Gasteiger partial charge in [-0.15, -0.1) is 21.5 Å². The molecule has 2 N–H and O–H groups in total. The summed E-state index contributed by atoms with van der Waals surface area (Å²) < 4.78 is 1.73. The molecule has 2 aromatic heterocycles. The molecule has 37 heavy (non-hydrogen) atoms. The molecule has 1 atom stereocenters. The Morgan fingerprint density at radius 3 is 2.59 bits per heavy atom. The van der Waals surface area contributed by atoms with Crippen LogP contribution < -0.4 is 10.6 Å². The maximum atomic E-state index is 12.8. The van der Waals surface area contributed by atoms with Crippen molar-refractivity contribution in [1.29, 1.82) is 5.26 Å². The molecule has 10 heteroatoms. The monoisotopic (exact) mass is 536 g/mol. The van der Waals surface area contributed by atoms with E-state index >= 15 is 0 Å². The van der Waals surface area contributed by atoms with E-state index in [-0.39, 0.29) is 29.4 Å². The highest BCUT2D eigenvalue weighted by molar-refractivity contribution is 7.99. The average molecular weight is 537 g/mol. The zero-order valence-corrected chi connectivity index (χ0v) is 23.5. The Balaban J connectivity index is 1.34. The number of amides is 2. The van der Waals surface area contributed by atoms with Crippen molar-refractivity contribution >= 4 is 45.6 Å². The fraction of sp³-hybridized carbons (Fsp3) is 0.444. The predicted molar refractivity (Wildman–Crippen MR) is 148 cm³/mol. The lowest BCUT2D eigenvalue weighted by Crippen LogP contribution is -2.26. The number of hydrogen-bond acceptors (Lipinski definition) is 7. The molecular formula is C27H32N6O2S2. The number of aromatic nitrogens is 3. The summed E-state index contributed by atoms with van der Waals surface area (Å²) in [7, 11) is 1.78. The maximum Gasteiger partial charge on any atom is 0.235 e. The van der Waals surface area contributed by atoms with Gasteiger partial charge < -0.3 is 15.2 Å². The number of anilines is 2. The number of fused-ring (bicyclic) bond motifs is 1. The van der Waals surface area contributed by atoms with Crippen LogP contribution in [0, 0.1) is 29.6 Å². The van der Waals surface area contributed by atoms with Gasteiger partial charge in [-0.25, -0.2) is 0 Å². The van der Waals surface area contributed by atoms with Crippen LogP contribution in [0.4, 0.5) is 10.7 Å². The largest absolute Gasteiger partial charge is 0.326 e. The SMILES string of the molecule is Cc1ccc(NC(=O)Cc2nnc(SCC(=O)Nc3sc4c(c3C#N)CC[C@H](C(C)(C)C)C4)n2C)cc1. The van der Waals surface area contributed by atoms with Gasteiger partial charge in [-0.05, 0) is 55.2 Å². The van der Waals surface area contributed by atoms with Gasteiger partial charge in [0.1, 0.15) is 16.9 Å². The quantitative estimate of drug-likeness (QED) is 0.405. The number of thiophene rings is 1. The minimum absolute atomic E-state index is 0.0754. The first-order valence-electron chi connectivity index (χ1n) is 12.3. The first-order chi connectivity index (χ1) is 17.5. The predicted octanol–water partition coefficient (Wildman–Crippen LogP) is 5.12. The lowest BCUT2D eigenvalue weighted by atomic mass is 9.72. The number of nitrogens with one attached hydrogen (secondary N) is 2. The van der Waals surface area contributed by atoms with Crippen LogP contribution in [0.1, 0.15) is 54.6 Å². The Morgan fingerprint density at radius 2 is 1.92 bits per heavy atom. The molecule has 8 nitrogen and oxygen atoms in total. The first kappa shape index (κ1) is 26.9. The molecule has 2 heterocycles. The topological polar surface area (TPSA) is 113 Å². The summed E-state index contributed by atoms with van der Waals surface area (Å²) in [5.41, 5.74) is 3.76. The van der Waals surface area contributed by atoms with Gasteiger partial charge in [0, 0.05) is 17.6 Å². The molecule has 2 amide bonds. The molecule has 0 fully saturated rings. The van der Waals surface area contributed by atoms with Gasteiger partial charge in [0.25, 0.3) is 0 Å². The van der Waals surface area contributed by atoms with E-state index < -0.39 is 0 Å². The van der Waals surface area contributed by atoms with Crippen molar-refractivity contribution in [3.8, 4) is 6.07 Å². The van der Waals surface area contributed by atoms with E-state index in [9.17, 15) is 14.9 Å². The van der Waals surface area contributed by atoms with Gasteiger partial charge in [-0.2, -0.15) is 5.26 Å². The number of benzene rings is 1. The fourth-order valence-corrected chi connectivity index (χ4v) is 6.46. The smallest absolute Gasteiger partial charge is 0.235 e. The van der Waals surface area contributed by atoms with Crippen molar-refractivity contribution in [3.05, 3.63) is 51.7 Å². The molecule has 4 rings (SSSR count). The Kier molecular flexibility index (Phi) is 8.05. The van der Waals surface area contributed by atoms with Crippen molar-refractivity contribution in [2.45, 2.75) is 58.5 Å². The van der Waals surface area contributed by atoms with E-state index in [1.54, 1.807) is 11.6 Å². The average Bonchev–Trinajstić information content (AvgIpc) is 3.37. The highest BCUT2D eigenvalue weighted by Gasteiger charge is 2.32. The van der Waals surface area contributed by atoms with Crippen LogP contribution in [0.25, 0.3) is 0 Å². The van der Waals surface area contributed by atoms with E-state index in [1.165, 1.54) is 28.0 Å². The molecule has 0 radical (unpaired) electrons. The summed E-state index contributed by atoms with van der Waals surface area (Å²) in [4.78, 5) is 26.4. The fourth-order valence-electron chi connectivity index (χ4n) is 4.43. The van der Waals surface area contributed by atoms with Crippen molar-refractivity contribution in [1.82, 2.24) is 14.8 Å². The van der Waals surface area contributed by atoms with Crippen LogP contribution in [0.2, 0.25) is 0 Å². The number of nitrogens with zero attached hydrogens (tertiary/aromatic N) is 4. The van der Waals surface area contributed by atoms with E-state index in [4.69, 9.17) is 0 Å². The zero-order chi connectivity index (χ0) is 26.7. The molecule has 3 aromatic rings. The van der Waals surface area contributed by atoms with Gasteiger partial charge in [0.15, 0.2) is 5.16 Å². The van der Waals surface area contributed by atoms with Gasteiger partial charge in [-0.3, -0.25) is 9.59 Å². The number of hydrogen-bond donors (Lipinski definition) is 2. The number of thioether (sulfide) groups is 1. The third kappa shape index (κ3) is 6.40. The Labute approximate surface area is 225 Å². The lowest BCUT2D eigenvalue weighted by Gasteiger charge is -2.33. The van der Waals surface area contributed by atoms with Crippen LogP contribution in [-0.4, -0.2) is 32.3 Å². The highest BCUT2D eigenvalue weighted by atomic mass is 32.2. The second-order valence-corrected chi connectivity index (χ2v) is 12.6. The van der Waals surface area contributed by atoms with Gasteiger partial charge in [0.05, 0.1) is 17.7 Å². The molecule has 0 saturated heterocycles. The zero-order valence-electron chi connectivity index (χ0n) is 21.8. The Hall–Kier alpha value is -3.16. The minimum Gasteiger partial charge on any atom is -0.326 e. The summed E-state index contributed by atoms with van der Waals surface area (Å²) in [5.74, 6) is 0.814. The summed E-state index contributed by atoms with van der Waals surface area (Å²) >= 11 is 2.78. The molecule has 0 aliphatic heterocycles. The standard InChI is InChI=1S/C27H32N6O2S2/c1-16-6-9-18(10-7-16)29-23(34)13-22-31-32-26(33(22)5)36-15-24(35)30-25-20(14-28)19-11-8-17(27(2,3)4)12-21(19)37-25/h6-7,9-10,17H,8,11-13,15H2,1-5H3,(H,29,34)(H,30,35)/t17-/m0/s1. The summed E-state index contributed by atoms with van der Waals surface area (Å²) in [5, 5.41) is 25.0. The van der Waals surface area contributed by atoms with Gasteiger partial charge in [0.2, 0.25) is 11.8 Å². The minimum atomic E-state index is -0.200. The van der Waals surface area contributed by atoms with Gasteiger partial charge in [-0.1, -0.05) is 50.2 Å². The summed E-state index contributed by atoms with van der Waals surface area (Å²) in [6, 6.07) is 9.89. The highest BCUT2D eigenvalue weighted by Crippen LogP contribution is 2.44. The molecular weight excluding hydrogens is 504 g/mol. The second-order valence-electron chi connectivity index (χ2n) is 10.5. The van der Waals surface area contributed by atoms with E-state index in [2.05, 4.69) is 47.7 Å². The molecule has 1 aromatic carbocycles. The van der Waals surface area contributed by atoms with E-state index in [0.717, 1.165) is 36.1 Å². The second kappa shape index (κ2) is 11.1. The van der Waals surface area contributed by atoms with Crippen molar-refractivity contribution < 1.29 is 9.59 Å². The van der Waals surface area contributed by atoms with Crippen molar-refractivity contribution in [2.75, 3.05) is 16.4 Å². The number of carbonyl (C=O) groups is 2. The van der Waals surface area contributed by atoms with E-state index in [1.807, 2.05) is 31.2 Å². The van der Waals surface area contributed by atoms with Crippen LogP contribution in [0.15, 0.2) is 29.4 Å². The number of nitriles is 1. The molecule has 0 bridgehead atoms. The molecule has 0 spiro atoms. The van der Waals surface area contributed by atoms with Crippen LogP contribution in [0.3, 0.4) is 0 Å². The third-order valence-corrected chi connectivity index (χ3v) is 8.96. The number of aryl methyl sites for hydroxylation is 1. The summed E-state index contributed by atoms with van der Waals surface area (Å²) in [6.45, 7) is 8.77. The molecule has 0 unspecified atom stereocenters. The normalized spacial score (nSPS) is 15.1. The molecule has 194 valence electrons. The van der Waals surface area contributed by atoms with Gasteiger partial charge >= 0.3 is 0 Å². The van der Waals surface area contributed by atoms with E-state index in [0.29, 0.717) is 27.5 Å². The van der Waals surface area contributed by atoms with Crippen LogP contribution >= 0.6 is 23.1 Å². The lowest BCUT2D eigenvalue weighted by molar-refractivity contribution is -0.116.